The molecule has 0 unspecified atom stereocenters. The summed E-state index contributed by atoms with van der Waals surface area (Å²) in [5.41, 5.74) is 0.239. The molecule has 2 aromatic carbocycles. The fourth-order valence-electron chi connectivity index (χ4n) is 2.89. The molecule has 0 bridgehead atoms. The number of amides is 1. The summed E-state index contributed by atoms with van der Waals surface area (Å²) in [6, 6.07) is 11.0. The second-order valence-electron chi connectivity index (χ2n) is 6.58. The van der Waals surface area contributed by atoms with Crippen molar-refractivity contribution in [3.05, 3.63) is 47.5 Å². The molecule has 0 spiro atoms. The lowest BCUT2D eigenvalue weighted by Crippen LogP contribution is -2.40. The van der Waals surface area contributed by atoms with Crippen molar-refractivity contribution in [2.45, 2.75) is 17.9 Å². The number of hydrogen-bond donors (Lipinski definition) is 1. The van der Waals surface area contributed by atoms with Gasteiger partial charge in [-0.3, -0.25) is 4.79 Å². The van der Waals surface area contributed by atoms with Gasteiger partial charge in [0.2, 0.25) is 10.0 Å². The van der Waals surface area contributed by atoms with Crippen molar-refractivity contribution in [2.24, 2.45) is 0 Å². The average Bonchev–Trinajstić information content (AvgIpc) is 2.75. The average molecular weight is 455 g/mol. The van der Waals surface area contributed by atoms with Crippen LogP contribution < -0.4 is 14.8 Å². The summed E-state index contributed by atoms with van der Waals surface area (Å²) in [6.45, 7) is 2.84. The third-order valence-corrected chi connectivity index (χ3v) is 6.68. The second kappa shape index (κ2) is 9.65. The number of benzene rings is 2. The Hall–Kier alpha value is -2.33. The molecular weight excluding hydrogens is 432 g/mol. The van der Waals surface area contributed by atoms with Gasteiger partial charge in [0, 0.05) is 18.1 Å². The van der Waals surface area contributed by atoms with Gasteiger partial charge in [-0.1, -0.05) is 11.6 Å². The molecule has 1 amide bonds. The van der Waals surface area contributed by atoms with Crippen molar-refractivity contribution >= 4 is 33.2 Å². The van der Waals surface area contributed by atoms with E-state index in [0.717, 1.165) is 0 Å². The molecule has 0 aliphatic carbocycles. The lowest BCUT2D eigenvalue weighted by Gasteiger charge is -2.26. The molecule has 30 heavy (non-hydrogen) atoms. The van der Waals surface area contributed by atoms with Crippen molar-refractivity contribution in [1.29, 1.82) is 0 Å². The maximum atomic E-state index is 12.9. The number of methoxy groups -OCH3 is 1. The standard InChI is InChI=1S/C20H23ClN2O6S/c1-14(29-16-5-3-15(21)4-6-16)20(24)22-18-13-17(7-8-19(18)27-2)30(25,26)23-9-11-28-12-10-23/h3-8,13-14H,9-12H2,1-2H3,(H,22,24)/t14-/m0/s1. The van der Waals surface area contributed by atoms with E-state index >= 15 is 0 Å². The largest absolute Gasteiger partial charge is 0.495 e. The zero-order chi connectivity index (χ0) is 21.7. The highest BCUT2D eigenvalue weighted by molar-refractivity contribution is 7.89. The molecule has 0 radical (unpaired) electrons. The molecule has 1 heterocycles. The molecule has 1 aliphatic heterocycles. The predicted octanol–water partition coefficient (Wildman–Crippen LogP) is 2.78. The third-order valence-electron chi connectivity index (χ3n) is 4.53. The first kappa shape index (κ1) is 22.4. The van der Waals surface area contributed by atoms with E-state index in [1.165, 1.54) is 29.6 Å². The summed E-state index contributed by atoms with van der Waals surface area (Å²) in [4.78, 5) is 12.7. The van der Waals surface area contributed by atoms with Crippen LogP contribution >= 0.6 is 11.6 Å². The number of rotatable bonds is 7. The van der Waals surface area contributed by atoms with Crippen molar-refractivity contribution in [2.75, 3.05) is 38.7 Å². The third kappa shape index (κ3) is 5.23. The van der Waals surface area contributed by atoms with Crippen molar-refractivity contribution < 1.29 is 27.4 Å². The van der Waals surface area contributed by atoms with Crippen LogP contribution in [0.25, 0.3) is 0 Å². The number of morpholine rings is 1. The molecule has 0 aromatic heterocycles. The number of sulfonamides is 1. The minimum atomic E-state index is -3.72. The summed E-state index contributed by atoms with van der Waals surface area (Å²) >= 11 is 5.85. The molecule has 10 heteroatoms. The lowest BCUT2D eigenvalue weighted by molar-refractivity contribution is -0.122. The first-order valence-corrected chi connectivity index (χ1v) is 11.1. The zero-order valence-corrected chi connectivity index (χ0v) is 18.2. The van der Waals surface area contributed by atoms with Crippen LogP contribution in [-0.4, -0.2) is 58.1 Å². The Balaban J connectivity index is 1.77. The van der Waals surface area contributed by atoms with Crippen LogP contribution in [-0.2, 0) is 19.6 Å². The quantitative estimate of drug-likeness (QED) is 0.691. The molecule has 1 fully saturated rings. The van der Waals surface area contributed by atoms with E-state index in [2.05, 4.69) is 5.32 Å². The van der Waals surface area contributed by atoms with E-state index in [-0.39, 0.29) is 23.7 Å². The number of carbonyl (C=O) groups is 1. The Morgan fingerprint density at radius 3 is 2.47 bits per heavy atom. The van der Waals surface area contributed by atoms with Gasteiger partial charge in [-0.25, -0.2) is 8.42 Å². The maximum Gasteiger partial charge on any atom is 0.265 e. The van der Waals surface area contributed by atoms with E-state index < -0.39 is 22.0 Å². The smallest absolute Gasteiger partial charge is 0.265 e. The van der Waals surface area contributed by atoms with E-state index in [0.29, 0.717) is 29.7 Å². The van der Waals surface area contributed by atoms with Crippen LogP contribution in [0.5, 0.6) is 11.5 Å². The van der Waals surface area contributed by atoms with E-state index in [1.807, 2.05) is 0 Å². The van der Waals surface area contributed by atoms with Crippen molar-refractivity contribution in [1.82, 2.24) is 4.31 Å². The number of nitrogens with one attached hydrogen (secondary N) is 1. The Bertz CT molecular complexity index is 991. The van der Waals surface area contributed by atoms with Gasteiger partial charge in [-0.2, -0.15) is 4.31 Å². The monoisotopic (exact) mass is 454 g/mol. The molecule has 0 saturated carbocycles. The normalized spacial score (nSPS) is 16.0. The number of ether oxygens (including phenoxy) is 3. The van der Waals surface area contributed by atoms with Crippen LogP contribution in [0.3, 0.4) is 0 Å². The first-order valence-electron chi connectivity index (χ1n) is 9.30. The predicted molar refractivity (Wildman–Crippen MR) is 113 cm³/mol. The Kier molecular flexibility index (Phi) is 7.19. The molecule has 2 aromatic rings. The van der Waals surface area contributed by atoms with Gasteiger partial charge < -0.3 is 19.5 Å². The van der Waals surface area contributed by atoms with Crippen LogP contribution in [0, 0.1) is 0 Å². The molecule has 1 atom stereocenters. The van der Waals surface area contributed by atoms with Crippen molar-refractivity contribution in [3.63, 3.8) is 0 Å². The highest BCUT2D eigenvalue weighted by atomic mass is 35.5. The van der Waals surface area contributed by atoms with Crippen LogP contribution in [0.4, 0.5) is 5.69 Å². The second-order valence-corrected chi connectivity index (χ2v) is 8.96. The summed E-state index contributed by atoms with van der Waals surface area (Å²) in [5.74, 6) is 0.366. The van der Waals surface area contributed by atoms with Crippen molar-refractivity contribution in [3.8, 4) is 11.5 Å². The van der Waals surface area contributed by atoms with Gasteiger partial charge in [0.15, 0.2) is 6.10 Å². The minimum absolute atomic E-state index is 0.0618. The van der Waals surface area contributed by atoms with Crippen LogP contribution in [0.2, 0.25) is 5.02 Å². The highest BCUT2D eigenvalue weighted by Crippen LogP contribution is 2.29. The van der Waals surface area contributed by atoms with Gasteiger partial charge >= 0.3 is 0 Å². The summed E-state index contributed by atoms with van der Waals surface area (Å²) in [5, 5.41) is 3.24. The SMILES string of the molecule is COc1ccc(S(=O)(=O)N2CCOCC2)cc1NC(=O)[C@H](C)Oc1ccc(Cl)cc1. The van der Waals surface area contributed by atoms with Crippen LogP contribution in [0.15, 0.2) is 47.4 Å². The topological polar surface area (TPSA) is 94.2 Å². The van der Waals surface area contributed by atoms with Gasteiger partial charge in [0.1, 0.15) is 11.5 Å². The minimum Gasteiger partial charge on any atom is -0.495 e. The Morgan fingerprint density at radius 1 is 1.17 bits per heavy atom. The Morgan fingerprint density at radius 2 is 1.83 bits per heavy atom. The van der Waals surface area contributed by atoms with Gasteiger partial charge in [0.05, 0.1) is 30.9 Å². The van der Waals surface area contributed by atoms with E-state index in [4.69, 9.17) is 25.8 Å². The van der Waals surface area contributed by atoms with E-state index in [9.17, 15) is 13.2 Å². The van der Waals surface area contributed by atoms with Crippen LogP contribution in [0.1, 0.15) is 6.92 Å². The molecule has 1 aliphatic rings. The Labute approximate surface area is 180 Å². The van der Waals surface area contributed by atoms with E-state index in [1.54, 1.807) is 31.2 Å². The lowest BCUT2D eigenvalue weighted by atomic mass is 10.2. The number of anilines is 1. The zero-order valence-electron chi connectivity index (χ0n) is 16.6. The summed E-state index contributed by atoms with van der Waals surface area (Å²) in [7, 11) is -2.28. The van der Waals surface area contributed by atoms with Gasteiger partial charge in [0.25, 0.3) is 5.91 Å². The summed E-state index contributed by atoms with van der Waals surface area (Å²) in [6.07, 6.45) is -0.838. The first-order chi connectivity index (χ1) is 14.3. The highest BCUT2D eigenvalue weighted by Gasteiger charge is 2.27. The maximum absolute atomic E-state index is 12.9. The van der Waals surface area contributed by atoms with Gasteiger partial charge in [-0.05, 0) is 49.4 Å². The molecule has 1 N–H and O–H groups in total. The molecular formula is C20H23ClN2O6S. The number of halogens is 1. The fraction of sp³-hybridized carbons (Fsp3) is 0.350. The number of carbonyl (C=O) groups excluding carboxylic acids is 1. The summed E-state index contributed by atoms with van der Waals surface area (Å²) < 4.78 is 43.3. The van der Waals surface area contributed by atoms with Gasteiger partial charge in [-0.15, -0.1) is 0 Å². The number of nitrogens with zero attached hydrogens (tertiary/aromatic N) is 1. The molecule has 162 valence electrons. The number of hydrogen-bond acceptors (Lipinski definition) is 6. The molecule has 1 saturated heterocycles. The molecule has 3 rings (SSSR count). The fourth-order valence-corrected chi connectivity index (χ4v) is 4.45. The molecule has 8 nitrogen and oxygen atoms in total.